The molecule has 2 rings (SSSR count). The lowest BCUT2D eigenvalue weighted by Crippen LogP contribution is -2.15. The van der Waals surface area contributed by atoms with Crippen LogP contribution in [0.3, 0.4) is 0 Å². The highest BCUT2D eigenvalue weighted by Crippen LogP contribution is 2.24. The van der Waals surface area contributed by atoms with E-state index < -0.39 is 0 Å². The van der Waals surface area contributed by atoms with Crippen LogP contribution in [0.5, 0.6) is 5.75 Å². The van der Waals surface area contributed by atoms with Crippen molar-refractivity contribution in [3.8, 4) is 5.75 Å². The lowest BCUT2D eigenvalue weighted by atomic mass is 10.2. The molecule has 0 radical (unpaired) electrons. The summed E-state index contributed by atoms with van der Waals surface area (Å²) in [6.07, 6.45) is 0. The zero-order valence-electron chi connectivity index (χ0n) is 13.3. The summed E-state index contributed by atoms with van der Waals surface area (Å²) in [6, 6.07) is 13.4. The van der Waals surface area contributed by atoms with Crippen molar-refractivity contribution in [2.75, 3.05) is 17.7 Å². The first kappa shape index (κ1) is 17.7. The molecule has 5 heteroatoms. The number of aryl methyl sites for hydroxylation is 1. The number of ether oxygens (including phenoxy) is 1. The SMILES string of the molecule is CCOc1ccccc1CSCC(=O)Nc1cc(Cl)ccc1C. The van der Waals surface area contributed by atoms with Gasteiger partial charge in [-0.25, -0.2) is 0 Å². The Morgan fingerprint density at radius 3 is 2.83 bits per heavy atom. The number of anilines is 1. The Bertz CT molecular complexity index is 676. The van der Waals surface area contributed by atoms with Crippen molar-refractivity contribution in [1.82, 2.24) is 0 Å². The maximum Gasteiger partial charge on any atom is 0.234 e. The highest BCUT2D eigenvalue weighted by atomic mass is 35.5. The molecule has 0 spiro atoms. The van der Waals surface area contributed by atoms with Crippen LogP contribution in [0.4, 0.5) is 5.69 Å². The fourth-order valence-corrected chi connectivity index (χ4v) is 3.08. The van der Waals surface area contributed by atoms with Crippen molar-refractivity contribution in [3.05, 3.63) is 58.6 Å². The molecule has 1 N–H and O–H groups in total. The second-order valence-electron chi connectivity index (χ2n) is 5.04. The summed E-state index contributed by atoms with van der Waals surface area (Å²) < 4.78 is 5.59. The standard InChI is InChI=1S/C18H20ClNO2S/c1-3-22-17-7-5-4-6-14(17)11-23-12-18(21)20-16-10-15(19)9-8-13(16)2/h4-10H,3,11-12H2,1-2H3,(H,20,21). The molecule has 23 heavy (non-hydrogen) atoms. The van der Waals surface area contributed by atoms with Crippen LogP contribution in [0.25, 0.3) is 0 Å². The third kappa shape index (κ3) is 5.48. The molecule has 0 saturated carbocycles. The van der Waals surface area contributed by atoms with Gasteiger partial charge in [-0.1, -0.05) is 35.9 Å². The third-order valence-corrected chi connectivity index (χ3v) is 4.45. The number of amides is 1. The van der Waals surface area contributed by atoms with Crippen molar-refractivity contribution < 1.29 is 9.53 Å². The van der Waals surface area contributed by atoms with Crippen molar-refractivity contribution in [2.45, 2.75) is 19.6 Å². The Kier molecular flexibility index (Phi) is 6.81. The molecule has 0 aliphatic rings. The maximum absolute atomic E-state index is 12.1. The number of para-hydroxylation sites is 1. The first-order valence-corrected chi connectivity index (χ1v) is 8.98. The number of nitrogens with one attached hydrogen (secondary N) is 1. The second-order valence-corrected chi connectivity index (χ2v) is 6.46. The maximum atomic E-state index is 12.1. The van der Waals surface area contributed by atoms with Crippen LogP contribution in [-0.2, 0) is 10.5 Å². The van der Waals surface area contributed by atoms with Crippen molar-refractivity contribution >= 4 is 35.0 Å². The number of carbonyl (C=O) groups is 1. The van der Waals surface area contributed by atoms with E-state index in [2.05, 4.69) is 5.32 Å². The average molecular weight is 350 g/mol. The largest absolute Gasteiger partial charge is 0.494 e. The van der Waals surface area contributed by atoms with Crippen LogP contribution in [-0.4, -0.2) is 18.3 Å². The number of hydrogen-bond donors (Lipinski definition) is 1. The van der Waals surface area contributed by atoms with E-state index in [9.17, 15) is 4.79 Å². The lowest BCUT2D eigenvalue weighted by Gasteiger charge is -2.11. The molecule has 0 aliphatic carbocycles. The van der Waals surface area contributed by atoms with Crippen LogP contribution in [0.1, 0.15) is 18.1 Å². The molecule has 2 aromatic carbocycles. The molecular weight excluding hydrogens is 330 g/mol. The zero-order valence-corrected chi connectivity index (χ0v) is 14.8. The molecule has 122 valence electrons. The highest BCUT2D eigenvalue weighted by molar-refractivity contribution is 7.99. The Hall–Kier alpha value is -1.65. The summed E-state index contributed by atoms with van der Waals surface area (Å²) in [4.78, 5) is 12.1. The molecule has 3 nitrogen and oxygen atoms in total. The fourth-order valence-electron chi connectivity index (χ4n) is 2.09. The molecular formula is C18H20ClNO2S. The fraction of sp³-hybridized carbons (Fsp3) is 0.278. The number of carbonyl (C=O) groups excluding carboxylic acids is 1. The molecule has 0 heterocycles. The summed E-state index contributed by atoms with van der Waals surface area (Å²) >= 11 is 7.52. The Labute approximate surface area is 146 Å². The Balaban J connectivity index is 1.87. The smallest absolute Gasteiger partial charge is 0.234 e. The van der Waals surface area contributed by atoms with Gasteiger partial charge in [-0.2, -0.15) is 0 Å². The van der Waals surface area contributed by atoms with E-state index in [1.165, 1.54) is 0 Å². The van der Waals surface area contributed by atoms with Crippen LogP contribution >= 0.6 is 23.4 Å². The van der Waals surface area contributed by atoms with E-state index in [-0.39, 0.29) is 5.91 Å². The van der Waals surface area contributed by atoms with Gasteiger partial charge >= 0.3 is 0 Å². The molecule has 0 fully saturated rings. The minimum Gasteiger partial charge on any atom is -0.494 e. The van der Waals surface area contributed by atoms with Crippen molar-refractivity contribution in [3.63, 3.8) is 0 Å². The first-order chi connectivity index (χ1) is 11.1. The van der Waals surface area contributed by atoms with Gasteiger partial charge in [-0.05, 0) is 37.6 Å². The Morgan fingerprint density at radius 1 is 1.26 bits per heavy atom. The minimum absolute atomic E-state index is 0.0331. The van der Waals surface area contributed by atoms with Gasteiger partial charge in [-0.15, -0.1) is 11.8 Å². The molecule has 0 atom stereocenters. The highest BCUT2D eigenvalue weighted by Gasteiger charge is 2.08. The molecule has 2 aromatic rings. The van der Waals surface area contributed by atoms with Gasteiger partial charge in [0, 0.05) is 22.0 Å². The molecule has 0 bridgehead atoms. The summed E-state index contributed by atoms with van der Waals surface area (Å²) in [5.74, 6) is 1.97. The summed E-state index contributed by atoms with van der Waals surface area (Å²) in [6.45, 7) is 4.54. The van der Waals surface area contributed by atoms with Crippen LogP contribution in [0.15, 0.2) is 42.5 Å². The summed E-state index contributed by atoms with van der Waals surface area (Å²) in [5.41, 5.74) is 2.86. The van der Waals surface area contributed by atoms with Crippen LogP contribution < -0.4 is 10.1 Å². The van der Waals surface area contributed by atoms with E-state index in [1.54, 1.807) is 17.8 Å². The van der Waals surface area contributed by atoms with E-state index in [0.29, 0.717) is 17.4 Å². The Morgan fingerprint density at radius 2 is 2.04 bits per heavy atom. The number of thioether (sulfide) groups is 1. The zero-order chi connectivity index (χ0) is 16.7. The molecule has 0 aliphatic heterocycles. The van der Waals surface area contributed by atoms with Crippen LogP contribution in [0, 0.1) is 6.92 Å². The van der Waals surface area contributed by atoms with Gasteiger partial charge in [0.15, 0.2) is 0 Å². The number of rotatable bonds is 7. The van der Waals surface area contributed by atoms with Crippen molar-refractivity contribution in [2.24, 2.45) is 0 Å². The van der Waals surface area contributed by atoms with E-state index in [1.807, 2.05) is 50.2 Å². The van der Waals surface area contributed by atoms with Gasteiger partial charge in [0.2, 0.25) is 5.91 Å². The normalized spacial score (nSPS) is 10.4. The van der Waals surface area contributed by atoms with E-state index in [0.717, 1.165) is 28.3 Å². The van der Waals surface area contributed by atoms with Gasteiger partial charge in [0.1, 0.15) is 5.75 Å². The van der Waals surface area contributed by atoms with Crippen molar-refractivity contribution in [1.29, 1.82) is 0 Å². The molecule has 1 amide bonds. The number of hydrogen-bond acceptors (Lipinski definition) is 3. The van der Waals surface area contributed by atoms with E-state index in [4.69, 9.17) is 16.3 Å². The third-order valence-electron chi connectivity index (χ3n) is 3.24. The second kappa shape index (κ2) is 8.85. The lowest BCUT2D eigenvalue weighted by molar-refractivity contribution is -0.113. The van der Waals surface area contributed by atoms with Gasteiger partial charge in [-0.3, -0.25) is 4.79 Å². The summed E-state index contributed by atoms with van der Waals surface area (Å²) in [5, 5.41) is 3.52. The monoisotopic (exact) mass is 349 g/mol. The quantitative estimate of drug-likeness (QED) is 0.771. The predicted molar refractivity (Wildman–Crippen MR) is 98.6 cm³/mol. The van der Waals surface area contributed by atoms with E-state index >= 15 is 0 Å². The van der Waals surface area contributed by atoms with Gasteiger partial charge < -0.3 is 10.1 Å². The first-order valence-electron chi connectivity index (χ1n) is 7.44. The topological polar surface area (TPSA) is 38.3 Å². The molecule has 0 saturated heterocycles. The minimum atomic E-state index is -0.0331. The average Bonchev–Trinajstić information content (AvgIpc) is 2.53. The van der Waals surface area contributed by atoms with Gasteiger partial charge in [0.25, 0.3) is 0 Å². The van der Waals surface area contributed by atoms with Gasteiger partial charge in [0.05, 0.1) is 12.4 Å². The van der Waals surface area contributed by atoms with Crippen LogP contribution in [0.2, 0.25) is 5.02 Å². The molecule has 0 aromatic heterocycles. The molecule has 0 unspecified atom stereocenters. The summed E-state index contributed by atoms with van der Waals surface area (Å²) in [7, 11) is 0. The predicted octanol–water partition coefficient (Wildman–Crippen LogP) is 4.92. The number of benzene rings is 2. The number of halogens is 1.